The Labute approximate surface area is 340 Å². The Balaban J connectivity index is 1.16. The SMILES string of the molecule is Cc1cc(NC(=O)c2cc3ccccc3c(N=Nc3ccc(Cl)cc3Cl)c2O)cc(C)c1NC(=O)c1cc2ccccc2c(N=Nc2ccc(Cl)cc2Cl)c1O. The van der Waals surface area contributed by atoms with Gasteiger partial charge in [0.05, 0.1) is 21.2 Å². The highest BCUT2D eigenvalue weighted by atomic mass is 35.5. The van der Waals surface area contributed by atoms with E-state index in [9.17, 15) is 19.8 Å². The highest BCUT2D eigenvalue weighted by molar-refractivity contribution is 6.36. The molecule has 0 aliphatic heterocycles. The van der Waals surface area contributed by atoms with Crippen molar-refractivity contribution < 1.29 is 19.8 Å². The van der Waals surface area contributed by atoms with Crippen molar-refractivity contribution in [1.29, 1.82) is 0 Å². The van der Waals surface area contributed by atoms with E-state index in [1.165, 1.54) is 12.1 Å². The zero-order chi connectivity index (χ0) is 39.7. The topological polar surface area (TPSA) is 148 Å². The summed E-state index contributed by atoms with van der Waals surface area (Å²) in [6.45, 7) is 3.53. The third-order valence-corrected chi connectivity index (χ3v) is 9.92. The van der Waals surface area contributed by atoms with Crippen LogP contribution < -0.4 is 10.6 Å². The summed E-state index contributed by atoms with van der Waals surface area (Å²) in [6.07, 6.45) is 0. The molecular formula is C42H28Cl4N6O4. The average molecular weight is 823 g/mol. The quantitative estimate of drug-likeness (QED) is 0.113. The molecule has 0 aliphatic rings. The van der Waals surface area contributed by atoms with Crippen LogP contribution in [-0.4, -0.2) is 22.0 Å². The molecule has 14 heteroatoms. The van der Waals surface area contributed by atoms with Gasteiger partial charge in [-0.2, -0.15) is 0 Å². The number of aromatic hydroxyl groups is 2. The monoisotopic (exact) mass is 820 g/mol. The molecule has 7 rings (SSSR count). The number of rotatable bonds is 8. The number of hydrogen-bond acceptors (Lipinski definition) is 8. The molecule has 0 heterocycles. The van der Waals surface area contributed by atoms with Crippen LogP contribution in [0.4, 0.5) is 34.1 Å². The second-order valence-electron chi connectivity index (χ2n) is 12.7. The summed E-state index contributed by atoms with van der Waals surface area (Å²) >= 11 is 24.6. The first-order valence-corrected chi connectivity index (χ1v) is 18.4. The van der Waals surface area contributed by atoms with Gasteiger partial charge in [0.1, 0.15) is 22.7 Å². The van der Waals surface area contributed by atoms with Gasteiger partial charge in [0.2, 0.25) is 0 Å². The van der Waals surface area contributed by atoms with Crippen molar-refractivity contribution in [2.75, 3.05) is 10.6 Å². The van der Waals surface area contributed by atoms with Gasteiger partial charge in [-0.25, -0.2) is 0 Å². The van der Waals surface area contributed by atoms with Crippen LogP contribution >= 0.6 is 46.4 Å². The highest BCUT2D eigenvalue weighted by Crippen LogP contribution is 2.42. The molecule has 0 radical (unpaired) electrons. The fraction of sp³-hybridized carbons (Fsp3) is 0.0476. The number of nitrogens with zero attached hydrogens (tertiary/aromatic N) is 4. The van der Waals surface area contributed by atoms with Crippen LogP contribution in [0.5, 0.6) is 11.5 Å². The lowest BCUT2D eigenvalue weighted by Gasteiger charge is -2.16. The first-order valence-electron chi connectivity index (χ1n) is 16.8. The first kappa shape index (κ1) is 38.2. The number of anilines is 2. The molecule has 2 amide bonds. The standard InChI is InChI=1S/C42H28Cl4N6O4/c1-21-15-27(47-41(55)30-17-23-7-3-5-9-28(23)37(39(30)53)51-49-34-13-11-25(43)19-32(34)45)16-22(2)36(21)48-42(56)31-18-24-8-4-6-10-29(24)38(40(31)54)52-50-35-14-12-26(44)20-33(35)46/h3-20,53-54H,1-2H3,(H,47,55)(H,48,56). The van der Waals surface area contributed by atoms with Crippen LogP contribution in [0.25, 0.3) is 21.5 Å². The average Bonchev–Trinajstić information content (AvgIpc) is 3.16. The molecule has 0 aromatic heterocycles. The fourth-order valence-corrected chi connectivity index (χ4v) is 7.02. The number of aryl methyl sites for hydroxylation is 2. The summed E-state index contributed by atoms with van der Waals surface area (Å²) in [5.74, 6) is -1.95. The van der Waals surface area contributed by atoms with Gasteiger partial charge in [0, 0.05) is 32.2 Å². The van der Waals surface area contributed by atoms with E-state index in [2.05, 4.69) is 31.1 Å². The van der Waals surface area contributed by atoms with Crippen LogP contribution in [0.3, 0.4) is 0 Å². The summed E-state index contributed by atoms with van der Waals surface area (Å²) in [5, 5.41) is 49.3. The summed E-state index contributed by atoms with van der Waals surface area (Å²) in [5.41, 5.74) is 2.85. The number of carbonyl (C=O) groups excluding carboxylic acids is 2. The molecule has 56 heavy (non-hydrogen) atoms. The molecule has 0 atom stereocenters. The number of phenolic OH excluding ortho intramolecular Hbond substituents is 2. The number of benzene rings is 7. The maximum atomic E-state index is 13.8. The lowest BCUT2D eigenvalue weighted by molar-refractivity contribution is 0.101. The van der Waals surface area contributed by atoms with Crippen molar-refractivity contribution in [2.45, 2.75) is 13.8 Å². The molecule has 0 saturated heterocycles. The number of hydrogen-bond donors (Lipinski definition) is 4. The number of phenols is 2. The third-order valence-electron chi connectivity index (χ3n) is 8.84. The summed E-state index contributed by atoms with van der Waals surface area (Å²) in [4.78, 5) is 27.5. The van der Waals surface area contributed by atoms with Gasteiger partial charge in [0.25, 0.3) is 11.8 Å². The van der Waals surface area contributed by atoms with Crippen molar-refractivity contribution in [1.82, 2.24) is 0 Å². The van der Waals surface area contributed by atoms with Gasteiger partial charge in [-0.1, -0.05) is 94.9 Å². The number of amides is 2. The van der Waals surface area contributed by atoms with E-state index >= 15 is 0 Å². The van der Waals surface area contributed by atoms with Crippen molar-refractivity contribution in [3.05, 3.63) is 152 Å². The van der Waals surface area contributed by atoms with Gasteiger partial charge in [-0.15, -0.1) is 20.5 Å². The van der Waals surface area contributed by atoms with Crippen molar-refractivity contribution in [3.8, 4) is 11.5 Å². The zero-order valence-corrected chi connectivity index (χ0v) is 32.4. The van der Waals surface area contributed by atoms with Gasteiger partial charge >= 0.3 is 0 Å². The molecule has 0 spiro atoms. The number of nitrogens with one attached hydrogen (secondary N) is 2. The van der Waals surface area contributed by atoms with E-state index in [-0.39, 0.29) is 44.0 Å². The van der Waals surface area contributed by atoms with Crippen LogP contribution in [-0.2, 0) is 0 Å². The van der Waals surface area contributed by atoms with Gasteiger partial charge in [0.15, 0.2) is 11.5 Å². The predicted octanol–water partition coefficient (Wildman–Crippen LogP) is 14.0. The van der Waals surface area contributed by atoms with E-state index in [0.717, 1.165) is 0 Å². The summed E-state index contributed by atoms with van der Waals surface area (Å²) in [7, 11) is 0. The lowest BCUT2D eigenvalue weighted by Crippen LogP contribution is -2.16. The van der Waals surface area contributed by atoms with Gasteiger partial charge < -0.3 is 20.8 Å². The van der Waals surface area contributed by atoms with E-state index in [0.29, 0.717) is 65.5 Å². The zero-order valence-electron chi connectivity index (χ0n) is 29.4. The minimum absolute atomic E-state index is 0.0332. The van der Waals surface area contributed by atoms with Crippen LogP contribution in [0.15, 0.2) is 130 Å². The molecule has 278 valence electrons. The minimum Gasteiger partial charge on any atom is -0.505 e. The molecule has 0 fully saturated rings. The number of azo groups is 2. The van der Waals surface area contributed by atoms with E-state index < -0.39 is 11.8 Å². The Bertz CT molecular complexity index is 2790. The van der Waals surface area contributed by atoms with E-state index in [1.807, 2.05) is 0 Å². The van der Waals surface area contributed by atoms with Crippen LogP contribution in [0.2, 0.25) is 20.1 Å². The number of carbonyl (C=O) groups is 2. The number of fused-ring (bicyclic) bond motifs is 2. The normalized spacial score (nSPS) is 11.5. The Morgan fingerprint density at radius 3 is 1.41 bits per heavy atom. The van der Waals surface area contributed by atoms with Crippen molar-refractivity contribution >= 4 is 114 Å². The molecule has 10 nitrogen and oxygen atoms in total. The maximum absolute atomic E-state index is 13.8. The van der Waals surface area contributed by atoms with Gasteiger partial charge in [-0.3, -0.25) is 9.59 Å². The highest BCUT2D eigenvalue weighted by Gasteiger charge is 2.22. The molecule has 7 aromatic rings. The largest absolute Gasteiger partial charge is 0.505 e. The minimum atomic E-state index is -0.604. The molecular weight excluding hydrogens is 794 g/mol. The smallest absolute Gasteiger partial charge is 0.259 e. The predicted molar refractivity (Wildman–Crippen MR) is 224 cm³/mol. The van der Waals surface area contributed by atoms with E-state index in [1.54, 1.807) is 111 Å². The molecule has 0 aliphatic carbocycles. The Hall–Kier alpha value is -6.04. The van der Waals surface area contributed by atoms with E-state index in [4.69, 9.17) is 46.4 Å². The second kappa shape index (κ2) is 16.0. The second-order valence-corrected chi connectivity index (χ2v) is 14.4. The Morgan fingerprint density at radius 1 is 0.536 bits per heavy atom. The summed E-state index contributed by atoms with van der Waals surface area (Å²) < 4.78 is 0. The Morgan fingerprint density at radius 2 is 0.964 bits per heavy atom. The number of halogens is 4. The lowest BCUT2D eigenvalue weighted by atomic mass is 10.0. The first-order chi connectivity index (χ1) is 26.9. The Kier molecular flexibility index (Phi) is 10.9. The van der Waals surface area contributed by atoms with Crippen molar-refractivity contribution in [3.63, 3.8) is 0 Å². The van der Waals surface area contributed by atoms with Crippen LogP contribution in [0.1, 0.15) is 31.8 Å². The van der Waals surface area contributed by atoms with Gasteiger partial charge in [-0.05, 0) is 96.4 Å². The fourth-order valence-electron chi connectivity index (χ4n) is 6.13. The van der Waals surface area contributed by atoms with Crippen molar-refractivity contribution in [2.24, 2.45) is 20.5 Å². The third kappa shape index (κ3) is 7.87. The molecule has 0 saturated carbocycles. The molecule has 7 aromatic carbocycles. The molecule has 0 bridgehead atoms. The maximum Gasteiger partial charge on any atom is 0.259 e. The molecule has 0 unspecified atom stereocenters. The molecule has 4 N–H and O–H groups in total. The summed E-state index contributed by atoms with van der Waals surface area (Å²) in [6, 6.07) is 30.2. The van der Waals surface area contributed by atoms with Crippen LogP contribution in [0, 0.1) is 13.8 Å².